The molecule has 0 unspecified atom stereocenters. The number of anilines is 1. The van der Waals surface area contributed by atoms with Gasteiger partial charge in [-0.05, 0) is 47.2 Å². The summed E-state index contributed by atoms with van der Waals surface area (Å²) in [6.45, 7) is 16.0. The van der Waals surface area contributed by atoms with Crippen LogP contribution in [-0.2, 0) is 10.8 Å². The fourth-order valence-corrected chi connectivity index (χ4v) is 4.20. The molecule has 0 amide bonds. The Bertz CT molecular complexity index is 883. The average Bonchev–Trinajstić information content (AvgIpc) is 2.66. The lowest BCUT2D eigenvalue weighted by Gasteiger charge is -2.38. The van der Waals surface area contributed by atoms with E-state index >= 15 is 0 Å². The number of phenols is 1. The van der Waals surface area contributed by atoms with Crippen molar-refractivity contribution in [3.63, 3.8) is 0 Å². The Morgan fingerprint density at radius 2 is 1.33 bits per heavy atom. The summed E-state index contributed by atoms with van der Waals surface area (Å²) in [5.74, 6) is 0.165. The highest BCUT2D eigenvalue weighted by molar-refractivity contribution is 7.80. The molecule has 0 saturated carbocycles. The number of hydrogen-bond acceptors (Lipinski definition) is 3. The molecule has 3 rings (SSSR count). The maximum absolute atomic E-state index is 13.2. The normalized spacial score (nSPS) is 15.4. The molecule has 1 N–H and O–H groups in total. The Morgan fingerprint density at radius 1 is 0.867 bits per heavy atom. The summed E-state index contributed by atoms with van der Waals surface area (Å²) in [5.41, 5.74) is 3.52. The summed E-state index contributed by atoms with van der Waals surface area (Å²) < 4.78 is 13.2. The molecule has 162 valence electrons. The molecule has 1 aliphatic rings. The first-order chi connectivity index (χ1) is 13.9. The Labute approximate surface area is 185 Å². The van der Waals surface area contributed by atoms with Crippen LogP contribution in [0.3, 0.4) is 0 Å². The molecular weight excluding hydrogens is 395 g/mol. The number of piperazine rings is 1. The smallest absolute Gasteiger partial charge is 0.123 e. The lowest BCUT2D eigenvalue weighted by Crippen LogP contribution is -2.48. The highest BCUT2D eigenvalue weighted by Crippen LogP contribution is 2.40. The monoisotopic (exact) mass is 428 g/mol. The van der Waals surface area contributed by atoms with Gasteiger partial charge in [-0.2, -0.15) is 0 Å². The second-order valence-electron chi connectivity index (χ2n) is 10.2. The second-order valence-corrected chi connectivity index (χ2v) is 10.6. The third-order valence-corrected chi connectivity index (χ3v) is 6.23. The number of hydrogen-bond donors (Lipinski definition) is 1. The molecule has 30 heavy (non-hydrogen) atoms. The van der Waals surface area contributed by atoms with Gasteiger partial charge in [-0.3, -0.25) is 0 Å². The van der Waals surface area contributed by atoms with Crippen LogP contribution in [0.4, 0.5) is 10.1 Å². The highest BCUT2D eigenvalue weighted by atomic mass is 32.1. The Balaban J connectivity index is 1.84. The molecule has 0 radical (unpaired) electrons. The summed E-state index contributed by atoms with van der Waals surface area (Å²) in [4.78, 5) is 5.32. The summed E-state index contributed by atoms with van der Waals surface area (Å²) in [6, 6.07) is 10.8. The van der Waals surface area contributed by atoms with Gasteiger partial charge in [0.2, 0.25) is 0 Å². The first kappa shape index (κ1) is 22.5. The van der Waals surface area contributed by atoms with Crippen molar-refractivity contribution in [1.82, 2.24) is 4.90 Å². The number of thiocarbonyl (C=S) groups is 1. The number of rotatable bonds is 2. The molecule has 1 aliphatic heterocycles. The number of aromatic hydroxyl groups is 1. The van der Waals surface area contributed by atoms with E-state index in [4.69, 9.17) is 12.2 Å². The predicted molar refractivity (Wildman–Crippen MR) is 127 cm³/mol. The van der Waals surface area contributed by atoms with E-state index < -0.39 is 0 Å². The molecule has 0 aromatic heterocycles. The summed E-state index contributed by atoms with van der Waals surface area (Å²) in [6.07, 6.45) is 0. The minimum Gasteiger partial charge on any atom is -0.507 e. The molecule has 5 heteroatoms. The van der Waals surface area contributed by atoms with Crippen LogP contribution in [0.1, 0.15) is 58.2 Å². The van der Waals surface area contributed by atoms with Crippen LogP contribution in [0.15, 0.2) is 36.4 Å². The van der Waals surface area contributed by atoms with E-state index in [1.807, 2.05) is 12.1 Å². The Hall–Kier alpha value is -2.14. The quantitative estimate of drug-likeness (QED) is 0.628. The number of benzene rings is 2. The SMILES string of the molecule is CC(C)(C)c1cc(C(=S)N2CCN(c3ccc(F)cc3)CC2)cc(C(C)(C)C)c1O. The first-order valence-electron chi connectivity index (χ1n) is 10.6. The fraction of sp³-hybridized carbons (Fsp3) is 0.480. The molecule has 2 aromatic rings. The highest BCUT2D eigenvalue weighted by Gasteiger charge is 2.28. The van der Waals surface area contributed by atoms with Crippen LogP contribution in [0.2, 0.25) is 0 Å². The van der Waals surface area contributed by atoms with Gasteiger partial charge in [-0.15, -0.1) is 0 Å². The van der Waals surface area contributed by atoms with Gasteiger partial charge in [-0.1, -0.05) is 53.8 Å². The molecule has 2 aromatic carbocycles. The first-order valence-corrected chi connectivity index (χ1v) is 11.0. The minimum atomic E-state index is -0.213. The molecular formula is C25H33FN2OS. The summed E-state index contributed by atoms with van der Waals surface area (Å²) in [5, 5.41) is 11.0. The van der Waals surface area contributed by atoms with Crippen LogP contribution in [0.5, 0.6) is 5.75 Å². The van der Waals surface area contributed by atoms with E-state index in [9.17, 15) is 9.50 Å². The van der Waals surface area contributed by atoms with Gasteiger partial charge in [-0.25, -0.2) is 4.39 Å². The zero-order chi connectivity index (χ0) is 22.3. The van der Waals surface area contributed by atoms with Crippen molar-refractivity contribution in [2.75, 3.05) is 31.1 Å². The van der Waals surface area contributed by atoms with E-state index in [1.54, 1.807) is 0 Å². The molecule has 0 bridgehead atoms. The van der Waals surface area contributed by atoms with Crippen LogP contribution in [-0.4, -0.2) is 41.2 Å². The van der Waals surface area contributed by atoms with Gasteiger partial charge in [0.05, 0.1) is 0 Å². The summed E-state index contributed by atoms with van der Waals surface area (Å²) in [7, 11) is 0. The standard InChI is InChI=1S/C25H33FN2OS/c1-24(2,3)20-15-17(16-21(22(20)29)25(4,5)6)23(30)28-13-11-27(12-14-28)19-9-7-18(26)8-10-19/h7-10,15-16,29H,11-14H2,1-6H3. The Kier molecular flexibility index (Phi) is 6.15. The average molecular weight is 429 g/mol. The van der Waals surface area contributed by atoms with Crippen LogP contribution < -0.4 is 4.90 Å². The van der Waals surface area contributed by atoms with Crippen LogP contribution >= 0.6 is 12.2 Å². The topological polar surface area (TPSA) is 26.7 Å². The molecule has 1 heterocycles. The van der Waals surface area contributed by atoms with Gasteiger partial charge in [0.1, 0.15) is 16.6 Å². The predicted octanol–water partition coefficient (Wildman–Crippen LogP) is 5.62. The third-order valence-electron chi connectivity index (χ3n) is 5.73. The van der Waals surface area contributed by atoms with Gasteiger partial charge in [0, 0.05) is 48.6 Å². The Morgan fingerprint density at radius 3 is 1.77 bits per heavy atom. The van der Waals surface area contributed by atoms with Crippen molar-refractivity contribution in [1.29, 1.82) is 0 Å². The maximum Gasteiger partial charge on any atom is 0.123 e. The minimum absolute atomic E-state index is 0.184. The number of nitrogens with zero attached hydrogens (tertiary/aromatic N) is 2. The van der Waals surface area contributed by atoms with Crippen LogP contribution in [0.25, 0.3) is 0 Å². The number of halogens is 1. The zero-order valence-corrected chi connectivity index (χ0v) is 19.7. The lowest BCUT2D eigenvalue weighted by molar-refractivity contribution is 0.391. The molecule has 1 saturated heterocycles. The van der Waals surface area contributed by atoms with Crippen LogP contribution in [0, 0.1) is 5.82 Å². The zero-order valence-electron chi connectivity index (χ0n) is 18.9. The van der Waals surface area contributed by atoms with Gasteiger partial charge < -0.3 is 14.9 Å². The lowest BCUT2D eigenvalue weighted by atomic mass is 9.78. The van der Waals surface area contributed by atoms with Gasteiger partial charge in [0.15, 0.2) is 0 Å². The van der Waals surface area contributed by atoms with Crippen molar-refractivity contribution in [3.8, 4) is 5.75 Å². The maximum atomic E-state index is 13.2. The third kappa shape index (κ3) is 4.77. The van der Waals surface area contributed by atoms with Gasteiger partial charge >= 0.3 is 0 Å². The molecule has 3 nitrogen and oxygen atoms in total. The van der Waals surface area contributed by atoms with Crippen molar-refractivity contribution in [2.45, 2.75) is 52.4 Å². The van der Waals surface area contributed by atoms with Gasteiger partial charge in [0.25, 0.3) is 0 Å². The van der Waals surface area contributed by atoms with E-state index in [0.29, 0.717) is 5.75 Å². The molecule has 0 spiro atoms. The van der Waals surface area contributed by atoms with Crippen molar-refractivity contribution in [2.24, 2.45) is 0 Å². The fourth-order valence-electron chi connectivity index (χ4n) is 3.90. The van der Waals surface area contributed by atoms with E-state index in [0.717, 1.165) is 53.5 Å². The summed E-state index contributed by atoms with van der Waals surface area (Å²) >= 11 is 5.90. The van der Waals surface area contributed by atoms with Crippen molar-refractivity contribution < 1.29 is 9.50 Å². The van der Waals surface area contributed by atoms with E-state index in [1.165, 1.54) is 12.1 Å². The van der Waals surface area contributed by atoms with E-state index in [-0.39, 0.29) is 16.6 Å². The second kappa shape index (κ2) is 8.18. The molecule has 1 fully saturated rings. The number of phenolic OH excluding ortho intramolecular Hbond substituents is 1. The van der Waals surface area contributed by atoms with E-state index in [2.05, 4.69) is 63.5 Å². The molecule has 0 atom stereocenters. The molecule has 0 aliphatic carbocycles. The van der Waals surface area contributed by atoms with Crippen molar-refractivity contribution in [3.05, 3.63) is 58.9 Å². The largest absolute Gasteiger partial charge is 0.507 e. The van der Waals surface area contributed by atoms with Crippen molar-refractivity contribution >= 4 is 22.9 Å².